The lowest BCUT2D eigenvalue weighted by Crippen LogP contribution is -2.22. The van der Waals surface area contributed by atoms with Gasteiger partial charge >= 0.3 is 5.97 Å². The van der Waals surface area contributed by atoms with Gasteiger partial charge in [-0.05, 0) is 32.0 Å². The lowest BCUT2D eigenvalue weighted by Gasteiger charge is -2.09. The molecule has 0 atom stereocenters. The first-order valence-electron chi connectivity index (χ1n) is 6.02. The average molecular weight is 249 g/mol. The molecule has 1 rings (SSSR count). The third kappa shape index (κ3) is 5.01. The van der Waals surface area contributed by atoms with Crippen LogP contribution in [0.2, 0.25) is 0 Å². The number of aromatic carboxylic acids is 1. The van der Waals surface area contributed by atoms with Gasteiger partial charge in [-0.1, -0.05) is 24.3 Å². The summed E-state index contributed by atoms with van der Waals surface area (Å²) in [5.41, 5.74) is 0.200. The van der Waals surface area contributed by atoms with Crippen molar-refractivity contribution in [3.63, 3.8) is 0 Å². The number of carboxylic acid groups (broad SMARTS) is 1. The monoisotopic (exact) mass is 249 g/mol. The van der Waals surface area contributed by atoms with Crippen LogP contribution in [0.15, 0.2) is 36.4 Å². The standard InChI is InChI=1S/C14H19NO3/c1-2-3-6-9-15-10-11-18-13-8-5-4-7-12(13)14(16)17/h2-5,7-8,15H,6,9-11H2,1H3,(H,16,17)/b3-2+. The third-order valence-corrected chi connectivity index (χ3v) is 2.38. The lowest BCUT2D eigenvalue weighted by molar-refractivity contribution is 0.0692. The number of hydrogen-bond donors (Lipinski definition) is 2. The summed E-state index contributed by atoms with van der Waals surface area (Å²) in [5, 5.41) is 12.2. The quantitative estimate of drug-likeness (QED) is 0.548. The highest BCUT2D eigenvalue weighted by atomic mass is 16.5. The van der Waals surface area contributed by atoms with Crippen molar-refractivity contribution in [2.45, 2.75) is 13.3 Å². The second-order valence-corrected chi connectivity index (χ2v) is 3.76. The van der Waals surface area contributed by atoms with Crippen molar-refractivity contribution in [1.82, 2.24) is 5.32 Å². The molecule has 2 N–H and O–H groups in total. The Bertz CT molecular complexity index is 402. The van der Waals surface area contributed by atoms with Gasteiger partial charge in [-0.15, -0.1) is 0 Å². The molecule has 1 aromatic carbocycles. The van der Waals surface area contributed by atoms with Crippen LogP contribution in [0.5, 0.6) is 5.75 Å². The van der Waals surface area contributed by atoms with Gasteiger partial charge in [-0.2, -0.15) is 0 Å². The van der Waals surface area contributed by atoms with Crippen LogP contribution in [0.1, 0.15) is 23.7 Å². The molecule has 0 amide bonds. The highest BCUT2D eigenvalue weighted by molar-refractivity contribution is 5.90. The van der Waals surface area contributed by atoms with Gasteiger partial charge in [0.25, 0.3) is 0 Å². The van der Waals surface area contributed by atoms with Gasteiger partial charge in [0, 0.05) is 6.54 Å². The number of hydrogen-bond acceptors (Lipinski definition) is 3. The van der Waals surface area contributed by atoms with E-state index >= 15 is 0 Å². The van der Waals surface area contributed by atoms with E-state index in [1.165, 1.54) is 6.07 Å². The molecular formula is C14H19NO3. The number of carboxylic acids is 1. The molecule has 0 saturated heterocycles. The zero-order valence-corrected chi connectivity index (χ0v) is 10.6. The lowest BCUT2D eigenvalue weighted by atomic mass is 10.2. The molecule has 0 saturated carbocycles. The number of allylic oxidation sites excluding steroid dienone is 1. The predicted molar refractivity (Wildman–Crippen MR) is 71.2 cm³/mol. The first-order chi connectivity index (χ1) is 8.75. The van der Waals surface area contributed by atoms with Crippen LogP contribution in [0, 0.1) is 0 Å². The summed E-state index contributed by atoms with van der Waals surface area (Å²) in [6.45, 7) is 4.05. The van der Waals surface area contributed by atoms with Crippen LogP contribution < -0.4 is 10.1 Å². The van der Waals surface area contributed by atoms with Gasteiger partial charge in [-0.25, -0.2) is 4.79 Å². The molecule has 1 aromatic rings. The fourth-order valence-corrected chi connectivity index (χ4v) is 1.48. The second-order valence-electron chi connectivity index (χ2n) is 3.76. The van der Waals surface area contributed by atoms with Crippen LogP contribution in [-0.4, -0.2) is 30.8 Å². The first kappa shape index (κ1) is 14.3. The molecule has 0 aliphatic carbocycles. The van der Waals surface area contributed by atoms with Crippen LogP contribution >= 0.6 is 0 Å². The average Bonchev–Trinajstić information content (AvgIpc) is 2.38. The Balaban J connectivity index is 2.29. The second kappa shape index (κ2) is 8.31. The molecule has 18 heavy (non-hydrogen) atoms. The highest BCUT2D eigenvalue weighted by Gasteiger charge is 2.09. The number of benzene rings is 1. The van der Waals surface area contributed by atoms with Crippen molar-refractivity contribution in [3.8, 4) is 5.75 Å². The molecular weight excluding hydrogens is 230 g/mol. The molecule has 0 aromatic heterocycles. The Morgan fingerprint density at radius 2 is 2.17 bits per heavy atom. The molecule has 0 aliphatic rings. The summed E-state index contributed by atoms with van der Waals surface area (Å²) in [6, 6.07) is 6.66. The third-order valence-electron chi connectivity index (χ3n) is 2.38. The van der Waals surface area contributed by atoms with Gasteiger partial charge in [-0.3, -0.25) is 0 Å². The summed E-state index contributed by atoms with van der Waals surface area (Å²) in [6.07, 6.45) is 5.09. The summed E-state index contributed by atoms with van der Waals surface area (Å²) in [7, 11) is 0. The van der Waals surface area contributed by atoms with Gasteiger partial charge in [0.15, 0.2) is 0 Å². The van der Waals surface area contributed by atoms with E-state index in [9.17, 15) is 4.79 Å². The zero-order valence-electron chi connectivity index (χ0n) is 10.6. The molecule has 0 bridgehead atoms. The minimum absolute atomic E-state index is 0.200. The maximum atomic E-state index is 10.9. The van der Waals surface area contributed by atoms with E-state index in [0.717, 1.165) is 13.0 Å². The maximum absolute atomic E-state index is 10.9. The van der Waals surface area contributed by atoms with E-state index < -0.39 is 5.97 Å². The largest absolute Gasteiger partial charge is 0.491 e. The molecule has 0 aliphatic heterocycles. The SMILES string of the molecule is C/C=C/CCNCCOc1ccccc1C(=O)O. The van der Waals surface area contributed by atoms with Crippen molar-refractivity contribution >= 4 is 5.97 Å². The fourth-order valence-electron chi connectivity index (χ4n) is 1.48. The molecule has 4 heteroatoms. The number of carbonyl (C=O) groups is 1. The van der Waals surface area contributed by atoms with Crippen molar-refractivity contribution in [2.75, 3.05) is 19.7 Å². The van der Waals surface area contributed by atoms with Crippen LogP contribution in [0.3, 0.4) is 0 Å². The molecule has 0 unspecified atom stereocenters. The number of rotatable bonds is 8. The summed E-state index contributed by atoms with van der Waals surface area (Å²) >= 11 is 0. The minimum atomic E-state index is -0.966. The Morgan fingerprint density at radius 3 is 2.89 bits per heavy atom. The first-order valence-corrected chi connectivity index (χ1v) is 6.02. The predicted octanol–water partition coefficient (Wildman–Crippen LogP) is 2.32. The van der Waals surface area contributed by atoms with Crippen molar-refractivity contribution in [3.05, 3.63) is 42.0 Å². The molecule has 98 valence electrons. The minimum Gasteiger partial charge on any atom is -0.491 e. The number of para-hydroxylation sites is 1. The smallest absolute Gasteiger partial charge is 0.339 e. The Kier molecular flexibility index (Phi) is 6.58. The van der Waals surface area contributed by atoms with Crippen molar-refractivity contribution in [2.24, 2.45) is 0 Å². The van der Waals surface area contributed by atoms with Gasteiger partial charge in [0.05, 0.1) is 0 Å². The molecule has 0 radical (unpaired) electrons. The normalized spacial score (nSPS) is 10.7. The van der Waals surface area contributed by atoms with Gasteiger partial charge < -0.3 is 15.2 Å². The topological polar surface area (TPSA) is 58.6 Å². The van der Waals surface area contributed by atoms with Crippen LogP contribution in [0.4, 0.5) is 0 Å². The molecule has 4 nitrogen and oxygen atoms in total. The van der Waals surface area contributed by atoms with Crippen LogP contribution in [-0.2, 0) is 0 Å². The van der Waals surface area contributed by atoms with Gasteiger partial charge in [0.2, 0.25) is 0 Å². The summed E-state index contributed by atoms with van der Waals surface area (Å²) in [5.74, 6) is -0.549. The Hall–Kier alpha value is -1.81. The Morgan fingerprint density at radius 1 is 1.39 bits per heavy atom. The molecule has 0 heterocycles. The van der Waals surface area contributed by atoms with E-state index in [0.29, 0.717) is 18.9 Å². The van der Waals surface area contributed by atoms with Gasteiger partial charge in [0.1, 0.15) is 17.9 Å². The molecule has 0 spiro atoms. The van der Waals surface area contributed by atoms with Crippen LogP contribution in [0.25, 0.3) is 0 Å². The summed E-state index contributed by atoms with van der Waals surface area (Å²) < 4.78 is 5.44. The van der Waals surface area contributed by atoms with Crippen molar-refractivity contribution in [1.29, 1.82) is 0 Å². The van der Waals surface area contributed by atoms with E-state index in [2.05, 4.69) is 11.4 Å². The fraction of sp³-hybridized carbons (Fsp3) is 0.357. The van der Waals surface area contributed by atoms with E-state index in [1.807, 2.05) is 13.0 Å². The zero-order chi connectivity index (χ0) is 13.2. The summed E-state index contributed by atoms with van der Waals surface area (Å²) in [4.78, 5) is 10.9. The number of nitrogens with one attached hydrogen (secondary N) is 1. The maximum Gasteiger partial charge on any atom is 0.339 e. The van der Waals surface area contributed by atoms with E-state index in [-0.39, 0.29) is 5.56 Å². The van der Waals surface area contributed by atoms with E-state index in [4.69, 9.17) is 9.84 Å². The molecule has 0 fully saturated rings. The van der Waals surface area contributed by atoms with Crippen molar-refractivity contribution < 1.29 is 14.6 Å². The Labute approximate surface area is 107 Å². The van der Waals surface area contributed by atoms with E-state index in [1.54, 1.807) is 18.2 Å². The highest BCUT2D eigenvalue weighted by Crippen LogP contribution is 2.17. The number of ether oxygens (including phenoxy) is 1.